The molecule has 1 saturated heterocycles. The Balaban J connectivity index is 1.31. The van der Waals surface area contributed by atoms with Gasteiger partial charge in [0.15, 0.2) is 5.82 Å². The minimum Gasteiger partial charge on any atom is -0.480 e. The van der Waals surface area contributed by atoms with Crippen LogP contribution in [0.5, 0.6) is 5.75 Å². The minimum absolute atomic E-state index is 0.0634. The van der Waals surface area contributed by atoms with E-state index in [1.807, 2.05) is 0 Å². The highest BCUT2D eigenvalue weighted by Crippen LogP contribution is 2.48. The Kier molecular flexibility index (Phi) is 12.7. The first kappa shape index (κ1) is 40.6. The predicted molar refractivity (Wildman–Crippen MR) is 191 cm³/mol. The highest BCUT2D eigenvalue weighted by Gasteiger charge is 2.57. The minimum atomic E-state index is -4.67. The van der Waals surface area contributed by atoms with Gasteiger partial charge in [0, 0.05) is 6.42 Å². The quantitative estimate of drug-likeness (QED) is 0.0703. The maximum Gasteiger partial charge on any atom is 0.459 e. The van der Waals surface area contributed by atoms with Gasteiger partial charge in [0.2, 0.25) is 5.60 Å². The number of nitrogens with zero attached hydrogens (tertiary/aromatic N) is 4. The number of aliphatic hydroxyl groups excluding tert-OH is 2. The number of hydrogen-bond acceptors (Lipinski definition) is 15. The molecular formula is C35H40N7O12P. The van der Waals surface area contributed by atoms with Crippen molar-refractivity contribution in [2.45, 2.75) is 75.9 Å². The number of nitrogens with two attached hydrogens (primary N) is 1. The number of alkyl carbamates (subject to hydrolysis) is 1. The molecule has 0 bridgehead atoms. The largest absolute Gasteiger partial charge is 0.480 e. The van der Waals surface area contributed by atoms with Crippen molar-refractivity contribution < 1.29 is 57.5 Å². The molecule has 3 heterocycles. The molecule has 1 aliphatic rings. The Morgan fingerprint density at radius 3 is 2.44 bits per heavy atom. The molecule has 20 heteroatoms. The van der Waals surface area contributed by atoms with E-state index in [0.29, 0.717) is 16.6 Å². The summed E-state index contributed by atoms with van der Waals surface area (Å²) < 4.78 is 43.3. The number of aliphatic carboxylic acids is 1. The number of anilines is 1. The van der Waals surface area contributed by atoms with Crippen molar-refractivity contribution in [2.24, 2.45) is 0 Å². The Morgan fingerprint density at radius 1 is 1.07 bits per heavy atom. The number of aromatic nitrogens is 3. The molecule has 0 aliphatic carbocycles. The third-order valence-corrected chi connectivity index (χ3v) is 9.96. The Morgan fingerprint density at radius 2 is 1.78 bits per heavy atom. The van der Waals surface area contributed by atoms with E-state index in [1.54, 1.807) is 56.3 Å². The van der Waals surface area contributed by atoms with Crippen LogP contribution in [0.4, 0.5) is 10.6 Å². The van der Waals surface area contributed by atoms with Gasteiger partial charge in [0.05, 0.1) is 11.8 Å². The van der Waals surface area contributed by atoms with Gasteiger partial charge >= 0.3 is 25.8 Å². The van der Waals surface area contributed by atoms with Crippen molar-refractivity contribution in [2.75, 3.05) is 12.3 Å². The number of benzene rings is 2. The normalized spacial score (nSPS) is 21.6. The fraction of sp³-hybridized carbons (Fsp3) is 0.371. The van der Waals surface area contributed by atoms with E-state index < -0.39 is 74.5 Å². The third kappa shape index (κ3) is 9.74. The Labute approximate surface area is 314 Å². The van der Waals surface area contributed by atoms with Crippen LogP contribution in [-0.2, 0) is 45.9 Å². The van der Waals surface area contributed by atoms with Crippen molar-refractivity contribution in [1.82, 2.24) is 25.0 Å². The zero-order valence-electron chi connectivity index (χ0n) is 29.8. The van der Waals surface area contributed by atoms with Crippen molar-refractivity contribution in [3.05, 3.63) is 89.9 Å². The summed E-state index contributed by atoms with van der Waals surface area (Å²) in [4.78, 5) is 40.9. The molecule has 0 spiro atoms. The van der Waals surface area contributed by atoms with Gasteiger partial charge in [-0.15, -0.1) is 0 Å². The number of carbonyl (C=O) groups is 3. The summed E-state index contributed by atoms with van der Waals surface area (Å²) in [6.45, 7) is 3.57. The number of nitrogen functional groups attached to an aromatic ring is 1. The van der Waals surface area contributed by atoms with E-state index in [-0.39, 0.29) is 30.3 Å². The Hall–Kier alpha value is -5.61. The van der Waals surface area contributed by atoms with Gasteiger partial charge in [-0.25, -0.2) is 23.7 Å². The molecule has 55 heavy (non-hydrogen) atoms. The number of carboxylic acids is 1. The Bertz CT molecular complexity index is 2080. The number of rotatable bonds is 16. The summed E-state index contributed by atoms with van der Waals surface area (Å²) in [6.07, 6.45) is -5.36. The molecule has 0 radical (unpaired) electrons. The zero-order valence-corrected chi connectivity index (χ0v) is 30.7. The molecule has 1 amide bonds. The molecule has 4 aromatic rings. The van der Waals surface area contributed by atoms with Crippen LogP contribution < -0.4 is 20.7 Å². The van der Waals surface area contributed by atoms with Crippen LogP contribution in [0.15, 0.2) is 73.1 Å². The lowest BCUT2D eigenvalue weighted by molar-refractivity contribution is -0.149. The van der Waals surface area contributed by atoms with Crippen LogP contribution in [0.2, 0.25) is 0 Å². The lowest BCUT2D eigenvalue weighted by Crippen LogP contribution is -2.46. The number of nitriles is 1. The molecule has 19 nitrogen and oxygen atoms in total. The summed E-state index contributed by atoms with van der Waals surface area (Å²) in [5.74, 6) is -2.08. The van der Waals surface area contributed by atoms with E-state index >= 15 is 0 Å². The first-order valence-electron chi connectivity index (χ1n) is 16.9. The first-order valence-corrected chi connectivity index (χ1v) is 18.4. The van der Waals surface area contributed by atoms with Gasteiger partial charge in [-0.05, 0) is 56.2 Å². The van der Waals surface area contributed by atoms with E-state index in [0.717, 1.165) is 0 Å². The monoisotopic (exact) mass is 781 g/mol. The van der Waals surface area contributed by atoms with Gasteiger partial charge in [0.25, 0.3) is 0 Å². The third-order valence-electron chi connectivity index (χ3n) is 8.34. The average Bonchev–Trinajstić information content (AvgIpc) is 3.69. The number of aliphatic hydroxyl groups is 2. The topological polar surface area (TPSA) is 279 Å². The van der Waals surface area contributed by atoms with Crippen LogP contribution in [0.1, 0.15) is 43.7 Å². The average molecular weight is 782 g/mol. The molecule has 2 aromatic carbocycles. The van der Waals surface area contributed by atoms with Crippen LogP contribution >= 0.6 is 7.75 Å². The molecule has 2 aromatic heterocycles. The number of ether oxygens (including phenoxy) is 3. The first-order chi connectivity index (χ1) is 26.1. The second-order valence-electron chi connectivity index (χ2n) is 12.8. The fourth-order valence-corrected chi connectivity index (χ4v) is 7.06. The van der Waals surface area contributed by atoms with Crippen molar-refractivity contribution in [3.63, 3.8) is 0 Å². The smallest absolute Gasteiger partial charge is 0.459 e. The number of carboxylic acid groups (broad SMARTS) is 1. The van der Waals surface area contributed by atoms with Crippen molar-refractivity contribution >= 4 is 37.1 Å². The summed E-state index contributed by atoms with van der Waals surface area (Å²) in [6, 6.07) is 16.6. The lowest BCUT2D eigenvalue weighted by Gasteiger charge is -2.28. The predicted octanol–water partition coefficient (Wildman–Crippen LogP) is 2.42. The zero-order chi connectivity index (χ0) is 39.9. The highest BCUT2D eigenvalue weighted by atomic mass is 31.2. The molecule has 1 fully saturated rings. The van der Waals surface area contributed by atoms with Crippen LogP contribution in [-0.4, -0.2) is 90.6 Å². The summed E-state index contributed by atoms with van der Waals surface area (Å²) in [5.41, 5.74) is 5.35. The van der Waals surface area contributed by atoms with Gasteiger partial charge < -0.3 is 45.1 Å². The molecule has 292 valence electrons. The van der Waals surface area contributed by atoms with E-state index in [2.05, 4.69) is 20.5 Å². The molecular weight excluding hydrogens is 741 g/mol. The van der Waals surface area contributed by atoms with E-state index in [1.165, 1.54) is 48.1 Å². The lowest BCUT2D eigenvalue weighted by atomic mass is 9.96. The standard InChI is InChI=1S/C35H40N7O12P/c1-20(2)52-33(47)21(3)41-55(49,51-18-35(17-36)30(44)28(43)29(53-35)26-13-14-27-31(37)38-19-39-42(26)27)54-24-11-9-22(10-12-24)15-25(32(45)46)40-34(48)50-16-23-7-5-4-6-8-23/h4-14,19-21,25,28-30,43-44H,15-16,18H2,1-3H3,(H,40,48)(H,41,49)(H,45,46)(H2,37,38,39)/t21?,25?,28-,29-,30-,35+,55?/m0/s1. The fourth-order valence-electron chi connectivity index (χ4n) is 5.54. The van der Waals surface area contributed by atoms with Crippen LogP contribution in [0.3, 0.4) is 0 Å². The number of esters is 1. The highest BCUT2D eigenvalue weighted by molar-refractivity contribution is 7.52. The van der Waals surface area contributed by atoms with Crippen LogP contribution in [0.25, 0.3) is 5.52 Å². The number of hydrogen-bond donors (Lipinski definition) is 6. The van der Waals surface area contributed by atoms with Crippen molar-refractivity contribution in [3.8, 4) is 11.8 Å². The SMILES string of the molecule is CC(C)OC(=O)C(C)NP(=O)(OC[C@@]1(C#N)O[C@@H](c2ccc3c(N)ncnn23)[C@H](O)[C@@H]1O)Oc1ccc(CC(NC(=O)OCc2ccccc2)C(=O)O)cc1. The van der Waals surface area contributed by atoms with E-state index in [9.17, 15) is 39.5 Å². The molecule has 0 saturated carbocycles. The number of fused-ring (bicyclic) bond motifs is 1. The number of nitrogens with one attached hydrogen (secondary N) is 2. The number of carbonyl (C=O) groups excluding carboxylic acids is 2. The maximum absolute atomic E-state index is 14.3. The summed E-state index contributed by atoms with van der Waals surface area (Å²) in [7, 11) is -4.67. The van der Waals surface area contributed by atoms with E-state index in [4.69, 9.17) is 29.0 Å². The second-order valence-corrected chi connectivity index (χ2v) is 14.5. The summed E-state index contributed by atoms with van der Waals surface area (Å²) in [5, 5.41) is 51.0. The molecule has 3 unspecified atom stereocenters. The van der Waals surface area contributed by atoms with Gasteiger partial charge in [0.1, 0.15) is 67.3 Å². The maximum atomic E-state index is 14.3. The van der Waals surface area contributed by atoms with Gasteiger partial charge in [-0.2, -0.15) is 15.4 Å². The second kappa shape index (κ2) is 17.2. The molecule has 7 N–H and O–H groups in total. The van der Waals surface area contributed by atoms with Crippen molar-refractivity contribution in [1.29, 1.82) is 5.26 Å². The van der Waals surface area contributed by atoms with Crippen LogP contribution in [0, 0.1) is 11.3 Å². The molecule has 7 atom stereocenters. The van der Waals surface area contributed by atoms with Gasteiger partial charge in [-0.1, -0.05) is 42.5 Å². The number of amides is 1. The van der Waals surface area contributed by atoms with Gasteiger partial charge in [-0.3, -0.25) is 9.32 Å². The summed E-state index contributed by atoms with van der Waals surface area (Å²) >= 11 is 0. The molecule has 5 rings (SSSR count). The molecule has 1 aliphatic heterocycles.